The number of sulfone groups is 1. The highest BCUT2D eigenvalue weighted by atomic mass is 32.2. The minimum atomic E-state index is -2.91. The summed E-state index contributed by atoms with van der Waals surface area (Å²) in [4.78, 5) is 0. The van der Waals surface area contributed by atoms with Gasteiger partial charge in [0.05, 0.1) is 4.75 Å². The van der Waals surface area contributed by atoms with Crippen molar-refractivity contribution in [2.24, 2.45) is 0 Å². The van der Waals surface area contributed by atoms with Gasteiger partial charge in [-0.1, -0.05) is 6.42 Å². The normalized spacial score (nSPS) is 21.7. The van der Waals surface area contributed by atoms with Crippen LogP contribution < -0.4 is 5.32 Å². The van der Waals surface area contributed by atoms with Crippen molar-refractivity contribution in [3.05, 3.63) is 0 Å². The van der Waals surface area contributed by atoms with Crippen molar-refractivity contribution in [1.82, 2.24) is 5.32 Å². The van der Waals surface area contributed by atoms with Crippen LogP contribution in [0.1, 0.15) is 40.0 Å². The Balaban J connectivity index is 2.65. The standard InChI is InChI=1S/C10H21NO2S/c1-9(2,3)11-8-10(6-5-7-10)14(4,12)13/h11H,5-8H2,1-4H3. The molecular weight excluding hydrogens is 198 g/mol. The van der Waals surface area contributed by atoms with Crippen LogP contribution in [0, 0.1) is 0 Å². The minimum Gasteiger partial charge on any atom is -0.310 e. The van der Waals surface area contributed by atoms with Crippen LogP contribution in [0.15, 0.2) is 0 Å². The van der Waals surface area contributed by atoms with E-state index in [-0.39, 0.29) is 5.54 Å². The van der Waals surface area contributed by atoms with Gasteiger partial charge in [0.25, 0.3) is 0 Å². The van der Waals surface area contributed by atoms with Crippen LogP contribution in [0.5, 0.6) is 0 Å². The first-order valence-corrected chi connectivity index (χ1v) is 7.00. The molecule has 1 rings (SSSR count). The summed E-state index contributed by atoms with van der Waals surface area (Å²) in [6, 6.07) is 0. The summed E-state index contributed by atoms with van der Waals surface area (Å²) in [5.74, 6) is 0. The van der Waals surface area contributed by atoms with Gasteiger partial charge in [0.15, 0.2) is 9.84 Å². The SMILES string of the molecule is CC(C)(C)NCC1(S(C)(=O)=O)CCC1. The Bertz CT molecular complexity index is 297. The third kappa shape index (κ3) is 2.48. The minimum absolute atomic E-state index is 0.00667. The molecule has 4 heteroatoms. The summed E-state index contributed by atoms with van der Waals surface area (Å²) in [6.07, 6.45) is 4.03. The molecule has 0 radical (unpaired) electrons. The monoisotopic (exact) mass is 219 g/mol. The first kappa shape index (κ1) is 12.0. The average molecular weight is 219 g/mol. The van der Waals surface area contributed by atoms with Gasteiger partial charge in [-0.2, -0.15) is 0 Å². The van der Waals surface area contributed by atoms with E-state index in [9.17, 15) is 8.42 Å². The zero-order valence-corrected chi connectivity index (χ0v) is 10.4. The predicted octanol–water partition coefficient (Wildman–Crippen LogP) is 1.34. The lowest BCUT2D eigenvalue weighted by Crippen LogP contribution is -2.55. The summed E-state index contributed by atoms with van der Waals surface area (Å²) in [5.41, 5.74) is -0.00667. The third-order valence-electron chi connectivity index (χ3n) is 2.99. The van der Waals surface area contributed by atoms with E-state index in [1.807, 2.05) is 0 Å². The largest absolute Gasteiger partial charge is 0.310 e. The lowest BCUT2D eigenvalue weighted by molar-refractivity contribution is 0.290. The van der Waals surface area contributed by atoms with Crippen LogP contribution in [0.4, 0.5) is 0 Å². The number of nitrogens with one attached hydrogen (secondary N) is 1. The molecule has 0 unspecified atom stereocenters. The quantitative estimate of drug-likeness (QED) is 0.779. The van der Waals surface area contributed by atoms with Crippen LogP contribution in [0.2, 0.25) is 0 Å². The van der Waals surface area contributed by atoms with Gasteiger partial charge < -0.3 is 5.32 Å². The molecule has 0 atom stereocenters. The van der Waals surface area contributed by atoms with Gasteiger partial charge in [0.1, 0.15) is 0 Å². The lowest BCUT2D eigenvalue weighted by Gasteiger charge is -2.41. The van der Waals surface area contributed by atoms with Crippen LogP contribution in [0.3, 0.4) is 0 Å². The number of rotatable bonds is 3. The second kappa shape index (κ2) is 3.49. The average Bonchev–Trinajstić information content (AvgIpc) is 1.77. The van der Waals surface area contributed by atoms with Crippen molar-refractivity contribution in [2.45, 2.75) is 50.3 Å². The van der Waals surface area contributed by atoms with Gasteiger partial charge >= 0.3 is 0 Å². The van der Waals surface area contributed by atoms with E-state index >= 15 is 0 Å². The zero-order valence-electron chi connectivity index (χ0n) is 9.55. The van der Waals surface area contributed by atoms with E-state index in [4.69, 9.17) is 0 Å². The molecule has 0 bridgehead atoms. The fraction of sp³-hybridized carbons (Fsp3) is 1.00. The van der Waals surface area contributed by atoms with E-state index in [1.165, 1.54) is 6.26 Å². The summed E-state index contributed by atoms with van der Waals surface area (Å²) in [6.45, 7) is 6.76. The molecule has 84 valence electrons. The third-order valence-corrected chi connectivity index (χ3v) is 5.12. The highest BCUT2D eigenvalue weighted by molar-refractivity contribution is 7.92. The van der Waals surface area contributed by atoms with Crippen LogP contribution in [-0.4, -0.2) is 31.5 Å². The van der Waals surface area contributed by atoms with Crippen molar-refractivity contribution in [3.8, 4) is 0 Å². The number of hydrogen-bond donors (Lipinski definition) is 1. The molecule has 0 saturated heterocycles. The second-order valence-corrected chi connectivity index (χ2v) is 7.82. The van der Waals surface area contributed by atoms with Crippen LogP contribution in [-0.2, 0) is 9.84 Å². The zero-order chi connectivity index (χ0) is 11.0. The molecule has 3 nitrogen and oxygen atoms in total. The lowest BCUT2D eigenvalue weighted by atomic mass is 9.83. The van der Waals surface area contributed by atoms with Crippen LogP contribution >= 0.6 is 0 Å². The van der Waals surface area contributed by atoms with Gasteiger partial charge in [-0.05, 0) is 33.6 Å². The molecule has 0 heterocycles. The first-order chi connectivity index (χ1) is 6.16. The Morgan fingerprint density at radius 3 is 2.00 bits per heavy atom. The molecule has 0 spiro atoms. The number of hydrogen-bond acceptors (Lipinski definition) is 3. The van der Waals surface area contributed by atoms with E-state index in [0.29, 0.717) is 6.54 Å². The molecule has 1 fully saturated rings. The van der Waals surface area contributed by atoms with Gasteiger partial charge in [-0.3, -0.25) is 0 Å². The molecule has 0 amide bonds. The highest BCUT2D eigenvalue weighted by Crippen LogP contribution is 2.38. The van der Waals surface area contributed by atoms with E-state index in [0.717, 1.165) is 19.3 Å². The smallest absolute Gasteiger partial charge is 0.154 e. The molecular formula is C10H21NO2S. The first-order valence-electron chi connectivity index (χ1n) is 5.11. The van der Waals surface area contributed by atoms with E-state index in [2.05, 4.69) is 26.1 Å². The molecule has 1 saturated carbocycles. The van der Waals surface area contributed by atoms with Crippen molar-refractivity contribution in [3.63, 3.8) is 0 Å². The molecule has 0 aromatic carbocycles. The van der Waals surface area contributed by atoms with Gasteiger partial charge in [-0.25, -0.2) is 8.42 Å². The van der Waals surface area contributed by atoms with Gasteiger partial charge in [0.2, 0.25) is 0 Å². The highest BCUT2D eigenvalue weighted by Gasteiger charge is 2.46. The summed E-state index contributed by atoms with van der Waals surface area (Å²) < 4.78 is 22.8. The predicted molar refractivity (Wildman–Crippen MR) is 59.2 cm³/mol. The summed E-state index contributed by atoms with van der Waals surface area (Å²) >= 11 is 0. The van der Waals surface area contributed by atoms with E-state index < -0.39 is 14.6 Å². The Morgan fingerprint density at radius 2 is 1.79 bits per heavy atom. The molecule has 0 aromatic rings. The maximum absolute atomic E-state index is 11.6. The fourth-order valence-electron chi connectivity index (χ4n) is 1.68. The van der Waals surface area contributed by atoms with Crippen LogP contribution in [0.25, 0.3) is 0 Å². The Kier molecular flexibility index (Phi) is 2.99. The van der Waals surface area contributed by atoms with E-state index in [1.54, 1.807) is 0 Å². The molecule has 14 heavy (non-hydrogen) atoms. The molecule has 1 aliphatic carbocycles. The Morgan fingerprint density at radius 1 is 1.29 bits per heavy atom. The van der Waals surface area contributed by atoms with Gasteiger partial charge in [0, 0.05) is 18.3 Å². The maximum atomic E-state index is 11.6. The van der Waals surface area contributed by atoms with Crippen molar-refractivity contribution >= 4 is 9.84 Å². The Labute approximate surface area is 87.2 Å². The Hall–Kier alpha value is -0.0900. The topological polar surface area (TPSA) is 46.2 Å². The molecule has 1 aliphatic rings. The van der Waals surface area contributed by atoms with Crippen molar-refractivity contribution in [2.75, 3.05) is 12.8 Å². The van der Waals surface area contributed by atoms with Crippen molar-refractivity contribution in [1.29, 1.82) is 0 Å². The second-order valence-electron chi connectivity index (χ2n) is 5.41. The summed E-state index contributed by atoms with van der Waals surface area (Å²) in [5, 5.41) is 3.29. The molecule has 0 aliphatic heterocycles. The maximum Gasteiger partial charge on any atom is 0.154 e. The fourth-order valence-corrected chi connectivity index (χ4v) is 3.04. The summed E-state index contributed by atoms with van der Waals surface area (Å²) in [7, 11) is -2.91. The molecule has 0 aromatic heterocycles. The molecule has 1 N–H and O–H groups in total. The van der Waals surface area contributed by atoms with Gasteiger partial charge in [-0.15, -0.1) is 0 Å². The van der Waals surface area contributed by atoms with Crippen molar-refractivity contribution < 1.29 is 8.42 Å².